The summed E-state index contributed by atoms with van der Waals surface area (Å²) in [6.07, 6.45) is 5.30. The predicted octanol–water partition coefficient (Wildman–Crippen LogP) is 3.75. The van der Waals surface area contributed by atoms with Gasteiger partial charge < -0.3 is 4.90 Å². The Labute approximate surface area is 88.8 Å². The van der Waals surface area contributed by atoms with Crippen molar-refractivity contribution in [2.24, 2.45) is 0 Å². The molecule has 0 aliphatic carbocycles. The second-order valence-corrected chi connectivity index (χ2v) is 3.37. The molecule has 1 heterocycles. The summed E-state index contributed by atoms with van der Waals surface area (Å²) in [4.78, 5) is 2.29. The number of nitrogens with zero attached hydrogens (tertiary/aromatic N) is 1. The smallest absolute Gasteiger partial charge is 0.0212 e. The average molecular weight is 193 g/mol. The van der Waals surface area contributed by atoms with Crippen molar-refractivity contribution in [2.45, 2.75) is 34.1 Å². The molecule has 80 valence electrons. The molecule has 0 aromatic carbocycles. The minimum atomic E-state index is 1.15. The number of rotatable bonds is 2. The third-order valence-electron chi connectivity index (χ3n) is 2.48. The van der Waals surface area contributed by atoms with Gasteiger partial charge in [-0.2, -0.15) is 0 Å². The van der Waals surface area contributed by atoms with Crippen molar-refractivity contribution in [1.82, 2.24) is 4.90 Å². The van der Waals surface area contributed by atoms with Crippen molar-refractivity contribution in [3.05, 3.63) is 35.6 Å². The minimum absolute atomic E-state index is 1.15. The molecule has 0 unspecified atom stereocenters. The highest BCUT2D eigenvalue weighted by molar-refractivity contribution is 5.33. The first kappa shape index (κ1) is 13.0. The van der Waals surface area contributed by atoms with Gasteiger partial charge >= 0.3 is 0 Å². The standard InChI is InChI=1S/C11H17N.C2H6/c1-5-9(2)8-11-6-7-12(4)10(11)3;1-2/h5,8H,1,6-7H2,2-4H3;1-2H3/b9-8-;. The minimum Gasteiger partial charge on any atom is -0.378 e. The molecule has 0 radical (unpaired) electrons. The zero-order valence-corrected chi connectivity index (χ0v) is 10.2. The van der Waals surface area contributed by atoms with Crippen LogP contribution in [-0.2, 0) is 0 Å². The van der Waals surface area contributed by atoms with Gasteiger partial charge in [-0.3, -0.25) is 0 Å². The first-order valence-corrected chi connectivity index (χ1v) is 5.36. The Kier molecular flexibility index (Phi) is 6.02. The highest BCUT2D eigenvalue weighted by Gasteiger charge is 2.12. The molecule has 0 saturated carbocycles. The molecule has 0 bridgehead atoms. The van der Waals surface area contributed by atoms with E-state index in [-0.39, 0.29) is 0 Å². The van der Waals surface area contributed by atoms with E-state index >= 15 is 0 Å². The first-order chi connectivity index (χ1) is 6.65. The molecule has 0 spiro atoms. The molecule has 1 aliphatic rings. The number of allylic oxidation sites excluding steroid dienone is 4. The summed E-state index contributed by atoms with van der Waals surface area (Å²) in [7, 11) is 2.14. The van der Waals surface area contributed by atoms with E-state index in [1.165, 1.54) is 23.3 Å². The van der Waals surface area contributed by atoms with E-state index in [2.05, 4.69) is 38.5 Å². The van der Waals surface area contributed by atoms with Crippen LogP contribution in [0, 0.1) is 0 Å². The van der Waals surface area contributed by atoms with Crippen LogP contribution in [0.3, 0.4) is 0 Å². The molecule has 14 heavy (non-hydrogen) atoms. The van der Waals surface area contributed by atoms with Gasteiger partial charge in [0.25, 0.3) is 0 Å². The van der Waals surface area contributed by atoms with Gasteiger partial charge in [0.2, 0.25) is 0 Å². The summed E-state index contributed by atoms with van der Waals surface area (Å²) in [5, 5.41) is 0. The normalized spacial score (nSPS) is 16.6. The Hall–Kier alpha value is -0.980. The zero-order valence-electron chi connectivity index (χ0n) is 10.2. The fourth-order valence-electron chi connectivity index (χ4n) is 1.39. The van der Waals surface area contributed by atoms with Gasteiger partial charge in [-0.1, -0.05) is 38.2 Å². The number of hydrogen-bond donors (Lipinski definition) is 0. The summed E-state index contributed by atoms with van der Waals surface area (Å²) in [6, 6.07) is 0. The van der Waals surface area contributed by atoms with Crippen LogP contribution in [0.15, 0.2) is 35.6 Å². The van der Waals surface area contributed by atoms with Gasteiger partial charge in [0, 0.05) is 19.3 Å². The van der Waals surface area contributed by atoms with Crippen molar-refractivity contribution in [3.8, 4) is 0 Å². The van der Waals surface area contributed by atoms with Crippen LogP contribution in [0.1, 0.15) is 34.1 Å². The van der Waals surface area contributed by atoms with Gasteiger partial charge in [0.1, 0.15) is 0 Å². The molecule has 1 nitrogen and oxygen atoms in total. The van der Waals surface area contributed by atoms with E-state index in [0.29, 0.717) is 0 Å². The lowest BCUT2D eigenvalue weighted by molar-refractivity contribution is 0.460. The van der Waals surface area contributed by atoms with Gasteiger partial charge in [-0.25, -0.2) is 0 Å². The summed E-state index contributed by atoms with van der Waals surface area (Å²) < 4.78 is 0. The maximum atomic E-state index is 3.74. The van der Waals surface area contributed by atoms with Crippen LogP contribution in [0.4, 0.5) is 0 Å². The molecule has 0 aromatic heterocycles. The van der Waals surface area contributed by atoms with E-state index in [1.54, 1.807) is 0 Å². The molecule has 1 aliphatic heterocycles. The predicted molar refractivity (Wildman–Crippen MR) is 65.2 cm³/mol. The Bertz CT molecular complexity index is 246. The maximum absolute atomic E-state index is 3.74. The fourth-order valence-corrected chi connectivity index (χ4v) is 1.39. The second-order valence-electron chi connectivity index (χ2n) is 3.37. The molecule has 0 amide bonds. The highest BCUT2D eigenvalue weighted by Crippen LogP contribution is 2.22. The Morgan fingerprint density at radius 1 is 1.43 bits per heavy atom. The van der Waals surface area contributed by atoms with E-state index in [1.807, 2.05) is 19.9 Å². The van der Waals surface area contributed by atoms with Gasteiger partial charge in [0.15, 0.2) is 0 Å². The molecule has 1 rings (SSSR count). The Morgan fingerprint density at radius 3 is 2.36 bits per heavy atom. The van der Waals surface area contributed by atoms with Crippen molar-refractivity contribution in [1.29, 1.82) is 0 Å². The number of hydrogen-bond acceptors (Lipinski definition) is 1. The zero-order chi connectivity index (χ0) is 11.1. The molecule has 0 aromatic rings. The van der Waals surface area contributed by atoms with E-state index in [9.17, 15) is 0 Å². The van der Waals surface area contributed by atoms with E-state index < -0.39 is 0 Å². The Morgan fingerprint density at radius 2 is 2.00 bits per heavy atom. The molecule has 0 saturated heterocycles. The second kappa shape index (κ2) is 6.47. The van der Waals surface area contributed by atoms with Gasteiger partial charge in [0.05, 0.1) is 0 Å². The highest BCUT2D eigenvalue weighted by atomic mass is 15.1. The lowest BCUT2D eigenvalue weighted by Gasteiger charge is -2.11. The summed E-state index contributed by atoms with van der Waals surface area (Å²) >= 11 is 0. The van der Waals surface area contributed by atoms with Crippen molar-refractivity contribution >= 4 is 0 Å². The third kappa shape index (κ3) is 3.41. The fraction of sp³-hybridized carbons (Fsp3) is 0.538. The molecular formula is C13H23N. The quantitative estimate of drug-likeness (QED) is 0.604. The van der Waals surface area contributed by atoms with Crippen LogP contribution >= 0.6 is 0 Å². The van der Waals surface area contributed by atoms with Crippen LogP contribution in [-0.4, -0.2) is 18.5 Å². The van der Waals surface area contributed by atoms with Crippen LogP contribution in [0.2, 0.25) is 0 Å². The monoisotopic (exact) mass is 193 g/mol. The lowest BCUT2D eigenvalue weighted by Crippen LogP contribution is -2.10. The maximum Gasteiger partial charge on any atom is 0.0212 e. The van der Waals surface area contributed by atoms with Crippen LogP contribution in [0.25, 0.3) is 0 Å². The molecule has 0 fully saturated rings. The van der Waals surface area contributed by atoms with E-state index in [0.717, 1.165) is 6.54 Å². The molecule has 1 heteroatoms. The van der Waals surface area contributed by atoms with E-state index in [4.69, 9.17) is 0 Å². The van der Waals surface area contributed by atoms with Crippen molar-refractivity contribution in [3.63, 3.8) is 0 Å². The molecule has 0 atom stereocenters. The largest absolute Gasteiger partial charge is 0.378 e. The first-order valence-electron chi connectivity index (χ1n) is 5.36. The summed E-state index contributed by atoms with van der Waals surface area (Å²) in [5.41, 5.74) is 4.10. The SMILES string of the molecule is C=C/C(C)=C\C1=C(C)N(C)CC1.CC. The topological polar surface area (TPSA) is 3.24 Å². The van der Waals surface area contributed by atoms with Gasteiger partial charge in [-0.15, -0.1) is 0 Å². The molecular weight excluding hydrogens is 170 g/mol. The van der Waals surface area contributed by atoms with Gasteiger partial charge in [-0.05, 0) is 25.8 Å². The molecule has 0 N–H and O–H groups in total. The van der Waals surface area contributed by atoms with Crippen molar-refractivity contribution < 1.29 is 0 Å². The lowest BCUT2D eigenvalue weighted by atomic mass is 10.1. The van der Waals surface area contributed by atoms with Crippen LogP contribution in [0.5, 0.6) is 0 Å². The summed E-state index contributed by atoms with van der Waals surface area (Å²) in [5.74, 6) is 0. The summed E-state index contributed by atoms with van der Waals surface area (Å²) in [6.45, 7) is 13.2. The third-order valence-corrected chi connectivity index (χ3v) is 2.48. The average Bonchev–Trinajstić information content (AvgIpc) is 2.52. The van der Waals surface area contributed by atoms with Crippen LogP contribution < -0.4 is 0 Å². The Balaban J connectivity index is 0.000000791. The van der Waals surface area contributed by atoms with Crippen molar-refractivity contribution in [2.75, 3.05) is 13.6 Å².